The van der Waals surface area contributed by atoms with Crippen LogP contribution in [-0.4, -0.2) is 34.2 Å². The van der Waals surface area contributed by atoms with Gasteiger partial charge in [0.15, 0.2) is 0 Å². The Bertz CT molecular complexity index is 193. The van der Waals surface area contributed by atoms with Crippen molar-refractivity contribution in [2.24, 2.45) is 0 Å². The molecule has 0 aromatic rings. The van der Waals surface area contributed by atoms with E-state index in [0.29, 0.717) is 0 Å². The molecule has 2 atom stereocenters. The van der Waals surface area contributed by atoms with Crippen molar-refractivity contribution in [3.8, 4) is 0 Å². The molecule has 3 N–H and O–H groups in total. The summed E-state index contributed by atoms with van der Waals surface area (Å²) in [5.74, 6) is -2.23. The summed E-state index contributed by atoms with van der Waals surface area (Å²) in [7, 11) is 0. The van der Waals surface area contributed by atoms with Gasteiger partial charge in [0.2, 0.25) is 0 Å². The summed E-state index contributed by atoms with van der Waals surface area (Å²) in [5.41, 5.74) is 0. The van der Waals surface area contributed by atoms with Gasteiger partial charge in [-0.2, -0.15) is 0 Å². The molecule has 76 valence electrons. The fourth-order valence-electron chi connectivity index (χ4n) is 0.853. The molecule has 0 saturated carbocycles. The highest BCUT2D eigenvalue weighted by Gasteiger charge is 2.21. The van der Waals surface area contributed by atoms with Crippen molar-refractivity contribution in [3.05, 3.63) is 0 Å². The Hall–Kier alpha value is -1.10. The summed E-state index contributed by atoms with van der Waals surface area (Å²) in [5, 5.41) is 19.8. The van der Waals surface area contributed by atoms with Crippen LogP contribution in [0.25, 0.3) is 0 Å². The van der Waals surface area contributed by atoms with Gasteiger partial charge in [0, 0.05) is 6.04 Å². The molecule has 0 radical (unpaired) electrons. The van der Waals surface area contributed by atoms with E-state index in [1.54, 1.807) is 0 Å². The van der Waals surface area contributed by atoms with Gasteiger partial charge in [-0.05, 0) is 13.3 Å². The maximum absolute atomic E-state index is 10.6. The smallest absolute Gasteiger partial charge is 0.321 e. The standard InChI is InChI=1S/C8H15NO4/c1-3-5(2)9-6(8(12)13)4-7(10)11/h5-6,9H,3-4H2,1-2H3,(H,10,11)(H,12,13)/t5?,6-/m0/s1. The zero-order valence-corrected chi connectivity index (χ0v) is 7.78. The van der Waals surface area contributed by atoms with E-state index in [-0.39, 0.29) is 12.5 Å². The van der Waals surface area contributed by atoms with Gasteiger partial charge in [-0.15, -0.1) is 0 Å². The molecule has 0 aliphatic heterocycles. The Morgan fingerprint density at radius 1 is 1.38 bits per heavy atom. The van der Waals surface area contributed by atoms with Crippen LogP contribution in [0.1, 0.15) is 26.7 Å². The number of hydrogen-bond donors (Lipinski definition) is 3. The molecule has 0 bridgehead atoms. The molecule has 5 heteroatoms. The molecule has 0 heterocycles. The molecule has 0 amide bonds. The third-order valence-electron chi connectivity index (χ3n) is 1.77. The third kappa shape index (κ3) is 5.19. The van der Waals surface area contributed by atoms with Crippen molar-refractivity contribution in [1.82, 2.24) is 5.32 Å². The lowest BCUT2D eigenvalue weighted by Gasteiger charge is -2.17. The quantitative estimate of drug-likeness (QED) is 0.559. The first kappa shape index (κ1) is 11.9. The molecule has 0 aliphatic carbocycles. The number of carboxylic acid groups (broad SMARTS) is 2. The zero-order valence-electron chi connectivity index (χ0n) is 7.78. The minimum Gasteiger partial charge on any atom is -0.481 e. The molecule has 0 fully saturated rings. The molecular weight excluding hydrogens is 174 g/mol. The molecule has 0 aromatic heterocycles. The van der Waals surface area contributed by atoms with E-state index < -0.39 is 18.0 Å². The van der Waals surface area contributed by atoms with E-state index in [4.69, 9.17) is 10.2 Å². The van der Waals surface area contributed by atoms with Crippen LogP contribution in [0.4, 0.5) is 0 Å². The van der Waals surface area contributed by atoms with Crippen LogP contribution < -0.4 is 5.32 Å². The number of carboxylic acids is 2. The number of rotatable bonds is 6. The fourth-order valence-corrected chi connectivity index (χ4v) is 0.853. The summed E-state index contributed by atoms with van der Waals surface area (Å²) in [6.45, 7) is 3.72. The monoisotopic (exact) mass is 189 g/mol. The first-order chi connectivity index (χ1) is 5.97. The Balaban J connectivity index is 4.10. The maximum Gasteiger partial charge on any atom is 0.321 e. The lowest BCUT2D eigenvalue weighted by molar-refractivity contribution is -0.146. The summed E-state index contributed by atoms with van der Waals surface area (Å²) in [6, 6.07) is -0.979. The Morgan fingerprint density at radius 2 is 1.92 bits per heavy atom. The molecule has 13 heavy (non-hydrogen) atoms. The van der Waals surface area contributed by atoms with Gasteiger partial charge in [0.1, 0.15) is 6.04 Å². The Labute approximate surface area is 76.8 Å². The van der Waals surface area contributed by atoms with E-state index in [2.05, 4.69) is 5.32 Å². The molecule has 0 aromatic carbocycles. The Kier molecular flexibility index (Phi) is 5.06. The van der Waals surface area contributed by atoms with Gasteiger partial charge >= 0.3 is 11.9 Å². The summed E-state index contributed by atoms with van der Waals surface area (Å²) in [6.07, 6.45) is 0.378. The van der Waals surface area contributed by atoms with Gasteiger partial charge in [0.25, 0.3) is 0 Å². The van der Waals surface area contributed by atoms with Crippen LogP contribution in [0.15, 0.2) is 0 Å². The van der Waals surface area contributed by atoms with E-state index >= 15 is 0 Å². The average molecular weight is 189 g/mol. The van der Waals surface area contributed by atoms with E-state index in [1.807, 2.05) is 13.8 Å². The summed E-state index contributed by atoms with van der Waals surface area (Å²) < 4.78 is 0. The van der Waals surface area contributed by atoms with Gasteiger partial charge in [0.05, 0.1) is 6.42 Å². The van der Waals surface area contributed by atoms with E-state index in [9.17, 15) is 9.59 Å². The Morgan fingerprint density at radius 3 is 2.23 bits per heavy atom. The third-order valence-corrected chi connectivity index (χ3v) is 1.77. The molecule has 1 unspecified atom stereocenters. The number of carbonyl (C=O) groups is 2. The van der Waals surface area contributed by atoms with Crippen LogP contribution in [0.3, 0.4) is 0 Å². The van der Waals surface area contributed by atoms with Gasteiger partial charge in [-0.1, -0.05) is 6.92 Å². The molecule has 0 rings (SSSR count). The topological polar surface area (TPSA) is 86.6 Å². The van der Waals surface area contributed by atoms with Crippen molar-refractivity contribution < 1.29 is 19.8 Å². The maximum atomic E-state index is 10.6. The van der Waals surface area contributed by atoms with Crippen molar-refractivity contribution >= 4 is 11.9 Å². The number of hydrogen-bond acceptors (Lipinski definition) is 3. The summed E-state index contributed by atoms with van der Waals surface area (Å²) in [4.78, 5) is 20.8. The highest BCUT2D eigenvalue weighted by Crippen LogP contribution is 1.97. The highest BCUT2D eigenvalue weighted by molar-refractivity contribution is 5.80. The average Bonchev–Trinajstić information content (AvgIpc) is 2.02. The predicted molar refractivity (Wildman–Crippen MR) is 46.6 cm³/mol. The minimum absolute atomic E-state index is 0.0143. The molecule has 5 nitrogen and oxygen atoms in total. The second kappa shape index (κ2) is 5.53. The minimum atomic E-state index is -1.12. The van der Waals surface area contributed by atoms with Crippen molar-refractivity contribution in [3.63, 3.8) is 0 Å². The van der Waals surface area contributed by atoms with Gasteiger partial charge < -0.3 is 15.5 Å². The van der Waals surface area contributed by atoms with Gasteiger partial charge in [-0.25, -0.2) is 0 Å². The lowest BCUT2D eigenvalue weighted by Crippen LogP contribution is -2.43. The summed E-state index contributed by atoms with van der Waals surface area (Å²) >= 11 is 0. The zero-order chi connectivity index (χ0) is 10.4. The number of aliphatic carboxylic acids is 2. The van der Waals surface area contributed by atoms with Gasteiger partial charge in [-0.3, -0.25) is 9.59 Å². The molecule has 0 saturated heterocycles. The first-order valence-corrected chi connectivity index (χ1v) is 4.18. The van der Waals surface area contributed by atoms with Crippen LogP contribution in [0.5, 0.6) is 0 Å². The SMILES string of the molecule is CCC(C)N[C@@H](CC(=O)O)C(=O)O. The number of nitrogens with one attached hydrogen (secondary N) is 1. The lowest BCUT2D eigenvalue weighted by atomic mass is 10.1. The first-order valence-electron chi connectivity index (χ1n) is 4.18. The highest BCUT2D eigenvalue weighted by atomic mass is 16.4. The van der Waals surface area contributed by atoms with E-state index in [0.717, 1.165) is 6.42 Å². The van der Waals surface area contributed by atoms with Crippen LogP contribution in [0, 0.1) is 0 Å². The molecule has 0 spiro atoms. The van der Waals surface area contributed by atoms with Crippen molar-refractivity contribution in [2.45, 2.75) is 38.8 Å². The van der Waals surface area contributed by atoms with Crippen LogP contribution in [0.2, 0.25) is 0 Å². The fraction of sp³-hybridized carbons (Fsp3) is 0.750. The van der Waals surface area contributed by atoms with Crippen LogP contribution >= 0.6 is 0 Å². The predicted octanol–water partition coefficient (Wildman–Crippen LogP) is 0.302. The largest absolute Gasteiger partial charge is 0.481 e. The molecular formula is C8H15NO4. The van der Waals surface area contributed by atoms with Crippen molar-refractivity contribution in [2.75, 3.05) is 0 Å². The van der Waals surface area contributed by atoms with Crippen molar-refractivity contribution in [1.29, 1.82) is 0 Å². The second-order valence-electron chi connectivity index (χ2n) is 2.96. The van der Waals surface area contributed by atoms with E-state index in [1.165, 1.54) is 0 Å². The second-order valence-corrected chi connectivity index (χ2v) is 2.96. The van der Waals surface area contributed by atoms with Crippen LogP contribution in [-0.2, 0) is 9.59 Å². The molecule has 0 aliphatic rings. The normalized spacial score (nSPS) is 14.9.